The first-order valence-electron chi connectivity index (χ1n) is 11.0. The second-order valence-electron chi connectivity index (χ2n) is 7.94. The van der Waals surface area contributed by atoms with Gasteiger partial charge in [0.15, 0.2) is 10.6 Å². The van der Waals surface area contributed by atoms with Crippen LogP contribution in [0.1, 0.15) is 36.5 Å². The summed E-state index contributed by atoms with van der Waals surface area (Å²) < 4.78 is 34.5. The zero-order chi connectivity index (χ0) is 25.1. The number of carbonyl (C=O) groups is 2. The number of nitro groups is 1. The number of halogens is 2. The fraction of sp³-hybridized carbons (Fsp3) is 0.348. The molecule has 0 N–H and O–H groups in total. The molecule has 0 bridgehead atoms. The highest BCUT2D eigenvalue weighted by atomic mass is 32.1. The van der Waals surface area contributed by atoms with Gasteiger partial charge in [0.05, 0.1) is 21.7 Å². The molecule has 184 valence electrons. The summed E-state index contributed by atoms with van der Waals surface area (Å²) in [7, 11) is 0. The van der Waals surface area contributed by atoms with E-state index in [0.717, 1.165) is 41.2 Å². The highest BCUT2D eigenvalue weighted by molar-refractivity contribution is 7.16. The third kappa shape index (κ3) is 5.21. The van der Waals surface area contributed by atoms with Crippen LogP contribution in [0.5, 0.6) is 0 Å². The Morgan fingerprint density at radius 2 is 1.91 bits per heavy atom. The van der Waals surface area contributed by atoms with Gasteiger partial charge in [-0.25, -0.2) is 8.78 Å². The topological polar surface area (TPSA) is 107 Å². The number of hydrogen-bond donors (Lipinski definition) is 0. The van der Waals surface area contributed by atoms with Crippen molar-refractivity contribution in [1.29, 1.82) is 0 Å². The average molecular weight is 505 g/mol. The van der Waals surface area contributed by atoms with E-state index in [9.17, 15) is 28.5 Å². The van der Waals surface area contributed by atoms with Crippen LogP contribution in [0.2, 0.25) is 0 Å². The Hall–Kier alpha value is -3.67. The number of hydrogen-bond acceptors (Lipinski definition) is 7. The molecule has 2 aromatic carbocycles. The van der Waals surface area contributed by atoms with Crippen molar-refractivity contribution in [2.45, 2.75) is 32.7 Å². The van der Waals surface area contributed by atoms with Gasteiger partial charge in [0.25, 0.3) is 11.6 Å². The number of esters is 1. The Bertz CT molecular complexity index is 1380. The summed E-state index contributed by atoms with van der Waals surface area (Å²) in [5, 5.41) is 11.7. The lowest BCUT2D eigenvalue weighted by Crippen LogP contribution is -2.30. The summed E-state index contributed by atoms with van der Waals surface area (Å²) in [6.07, 6.45) is 2.92. The van der Waals surface area contributed by atoms with Gasteiger partial charge < -0.3 is 14.2 Å². The Balaban J connectivity index is 1.78. The van der Waals surface area contributed by atoms with Gasteiger partial charge in [0.2, 0.25) is 0 Å². The van der Waals surface area contributed by atoms with E-state index >= 15 is 0 Å². The van der Waals surface area contributed by atoms with Crippen LogP contribution in [-0.2, 0) is 16.1 Å². The minimum absolute atomic E-state index is 0.0377. The van der Waals surface area contributed by atoms with Crippen molar-refractivity contribution in [3.8, 4) is 0 Å². The highest BCUT2D eigenvalue weighted by Gasteiger charge is 2.23. The molecule has 0 unspecified atom stereocenters. The summed E-state index contributed by atoms with van der Waals surface area (Å²) >= 11 is 0.817. The van der Waals surface area contributed by atoms with E-state index in [1.165, 1.54) is 18.2 Å². The van der Waals surface area contributed by atoms with E-state index < -0.39 is 35.0 Å². The molecular weight excluding hydrogens is 482 g/mol. The molecule has 1 aliphatic rings. The molecule has 4 rings (SSSR count). The number of anilines is 1. The lowest BCUT2D eigenvalue weighted by Gasteiger charge is -2.28. The molecule has 0 atom stereocenters. The van der Waals surface area contributed by atoms with Crippen molar-refractivity contribution >= 4 is 44.8 Å². The Morgan fingerprint density at radius 3 is 2.60 bits per heavy atom. The van der Waals surface area contributed by atoms with Gasteiger partial charge in [-0.15, -0.1) is 0 Å². The third-order valence-electron chi connectivity index (χ3n) is 5.60. The Morgan fingerprint density at radius 1 is 1.17 bits per heavy atom. The molecule has 1 amide bonds. The molecular formula is C23H22F2N4O5S. The summed E-state index contributed by atoms with van der Waals surface area (Å²) in [5.41, 5.74) is 0.0894. The van der Waals surface area contributed by atoms with E-state index in [-0.39, 0.29) is 32.9 Å². The SMILES string of the molecule is CCOC(=O)Cn1c(=NC(=O)c2ccc(N3CCCCC3)c([N+](=O)[O-])c2)sc2cc(F)cc(F)c21. The maximum Gasteiger partial charge on any atom is 0.326 e. The van der Waals surface area contributed by atoms with Gasteiger partial charge in [-0.2, -0.15) is 4.99 Å². The third-order valence-corrected chi connectivity index (χ3v) is 6.63. The number of ether oxygens (including phenoxy) is 1. The van der Waals surface area contributed by atoms with Crippen LogP contribution in [0, 0.1) is 21.7 Å². The number of amides is 1. The van der Waals surface area contributed by atoms with E-state index in [1.807, 2.05) is 4.90 Å². The number of rotatable bonds is 6. The molecule has 0 radical (unpaired) electrons. The number of fused-ring (bicyclic) bond motifs is 1. The number of aromatic nitrogens is 1. The van der Waals surface area contributed by atoms with Crippen molar-refractivity contribution < 1.29 is 28.0 Å². The molecule has 2 heterocycles. The van der Waals surface area contributed by atoms with Crippen LogP contribution in [0.4, 0.5) is 20.2 Å². The van der Waals surface area contributed by atoms with Crippen LogP contribution in [-0.4, -0.2) is 41.1 Å². The number of thiazole rings is 1. The van der Waals surface area contributed by atoms with E-state index in [0.29, 0.717) is 24.8 Å². The fourth-order valence-electron chi connectivity index (χ4n) is 4.05. The second-order valence-corrected chi connectivity index (χ2v) is 8.94. The van der Waals surface area contributed by atoms with Crippen LogP contribution < -0.4 is 9.70 Å². The van der Waals surface area contributed by atoms with E-state index in [1.54, 1.807) is 6.92 Å². The van der Waals surface area contributed by atoms with Gasteiger partial charge in [0, 0.05) is 30.8 Å². The number of carbonyl (C=O) groups excluding carboxylic acids is 2. The number of piperidine rings is 1. The molecule has 35 heavy (non-hydrogen) atoms. The van der Waals surface area contributed by atoms with E-state index in [4.69, 9.17) is 4.74 Å². The normalized spacial score (nSPS) is 14.4. The quantitative estimate of drug-likeness (QED) is 0.283. The molecule has 1 aliphatic heterocycles. The largest absolute Gasteiger partial charge is 0.465 e. The van der Waals surface area contributed by atoms with Crippen molar-refractivity contribution in [2.24, 2.45) is 4.99 Å². The monoisotopic (exact) mass is 504 g/mol. The lowest BCUT2D eigenvalue weighted by atomic mass is 10.1. The summed E-state index contributed by atoms with van der Waals surface area (Å²) in [6, 6.07) is 5.89. The first-order valence-corrected chi connectivity index (χ1v) is 11.9. The van der Waals surface area contributed by atoms with Crippen molar-refractivity contribution in [3.05, 3.63) is 62.4 Å². The maximum atomic E-state index is 14.6. The smallest absolute Gasteiger partial charge is 0.326 e. The summed E-state index contributed by atoms with van der Waals surface area (Å²) in [5.74, 6) is -3.24. The molecule has 0 spiro atoms. The highest BCUT2D eigenvalue weighted by Crippen LogP contribution is 2.31. The standard InChI is InChI=1S/C23H22F2N4O5S/c1-2-34-20(30)13-28-21-16(25)11-15(24)12-19(21)35-23(28)26-22(31)14-6-7-17(18(10-14)29(32)33)27-8-4-3-5-9-27/h6-7,10-12H,2-5,8-9,13H2,1H3. The number of benzene rings is 2. The molecule has 9 nitrogen and oxygen atoms in total. The van der Waals surface area contributed by atoms with Gasteiger partial charge >= 0.3 is 5.97 Å². The Labute approximate surface area is 202 Å². The second kappa shape index (κ2) is 10.3. The zero-order valence-electron chi connectivity index (χ0n) is 18.8. The average Bonchev–Trinajstić information content (AvgIpc) is 3.15. The summed E-state index contributed by atoms with van der Waals surface area (Å²) in [4.78, 5) is 42.1. The van der Waals surface area contributed by atoms with Crippen LogP contribution in [0.3, 0.4) is 0 Å². The van der Waals surface area contributed by atoms with Crippen molar-refractivity contribution in [1.82, 2.24) is 4.57 Å². The molecule has 1 saturated heterocycles. The lowest BCUT2D eigenvalue weighted by molar-refractivity contribution is -0.384. The van der Waals surface area contributed by atoms with Crippen molar-refractivity contribution in [3.63, 3.8) is 0 Å². The van der Waals surface area contributed by atoms with Crippen molar-refractivity contribution in [2.75, 3.05) is 24.6 Å². The molecule has 1 fully saturated rings. The van der Waals surface area contributed by atoms with Gasteiger partial charge in [-0.3, -0.25) is 19.7 Å². The first-order chi connectivity index (χ1) is 16.8. The van der Waals surface area contributed by atoms with Gasteiger partial charge in [-0.05, 0) is 44.4 Å². The number of nitro benzene ring substituents is 1. The van der Waals surface area contributed by atoms with Crippen LogP contribution in [0.15, 0.2) is 35.3 Å². The minimum Gasteiger partial charge on any atom is -0.465 e. The minimum atomic E-state index is -0.920. The van der Waals surface area contributed by atoms with Gasteiger partial charge in [-0.1, -0.05) is 11.3 Å². The van der Waals surface area contributed by atoms with Gasteiger partial charge in [0.1, 0.15) is 18.0 Å². The summed E-state index contributed by atoms with van der Waals surface area (Å²) in [6.45, 7) is 2.64. The first kappa shape index (κ1) is 24.5. The van der Waals surface area contributed by atoms with Crippen LogP contribution >= 0.6 is 11.3 Å². The Kier molecular flexibility index (Phi) is 7.20. The van der Waals surface area contributed by atoms with E-state index in [2.05, 4.69) is 4.99 Å². The molecule has 3 aromatic rings. The molecule has 1 aromatic heterocycles. The predicted molar refractivity (Wildman–Crippen MR) is 125 cm³/mol. The molecule has 0 aliphatic carbocycles. The maximum absolute atomic E-state index is 14.6. The predicted octanol–water partition coefficient (Wildman–Crippen LogP) is 4.18. The van der Waals surface area contributed by atoms with Crippen LogP contribution in [0.25, 0.3) is 10.2 Å². The fourth-order valence-corrected chi connectivity index (χ4v) is 5.12. The molecule has 12 heteroatoms. The number of nitrogens with zero attached hydrogens (tertiary/aromatic N) is 4. The molecule has 0 saturated carbocycles. The zero-order valence-corrected chi connectivity index (χ0v) is 19.6.